The molecule has 2 aliphatic rings. The van der Waals surface area contributed by atoms with Crippen LogP contribution >= 0.6 is 11.6 Å². The van der Waals surface area contributed by atoms with Gasteiger partial charge in [0.05, 0.1) is 10.4 Å². The van der Waals surface area contributed by atoms with Crippen LogP contribution in [0.1, 0.15) is 44.6 Å². The standard InChI is InChI=1S/C16H20ClFN2O2S/c1-11-15(19)16(8-3-2-4-9-16)20(23(11,21)22)10-12-13(17)6-5-7-14(12)18/h5-7H,2-4,8-10,19H2,1H3. The highest BCUT2D eigenvalue weighted by atomic mass is 35.5. The summed E-state index contributed by atoms with van der Waals surface area (Å²) < 4.78 is 41.2. The van der Waals surface area contributed by atoms with Gasteiger partial charge in [-0.15, -0.1) is 0 Å². The van der Waals surface area contributed by atoms with Gasteiger partial charge in [0.25, 0.3) is 0 Å². The summed E-state index contributed by atoms with van der Waals surface area (Å²) in [5, 5.41) is 0.231. The van der Waals surface area contributed by atoms with Crippen molar-refractivity contribution in [3.8, 4) is 0 Å². The van der Waals surface area contributed by atoms with Gasteiger partial charge in [0.1, 0.15) is 5.82 Å². The van der Waals surface area contributed by atoms with E-state index in [0.29, 0.717) is 18.5 Å². The molecule has 2 N–H and O–H groups in total. The summed E-state index contributed by atoms with van der Waals surface area (Å²) in [6.45, 7) is 1.44. The summed E-state index contributed by atoms with van der Waals surface area (Å²) in [4.78, 5) is 0.187. The zero-order chi connectivity index (χ0) is 16.8. The third kappa shape index (κ3) is 2.47. The molecule has 0 aromatic heterocycles. The summed E-state index contributed by atoms with van der Waals surface area (Å²) in [6.07, 6.45) is 4.21. The smallest absolute Gasteiger partial charge is 0.241 e. The molecule has 3 rings (SSSR count). The number of nitrogens with two attached hydrogens (primary N) is 1. The first-order chi connectivity index (χ1) is 10.8. The Hall–Kier alpha value is -1.11. The molecular weight excluding hydrogens is 339 g/mol. The minimum Gasteiger partial charge on any atom is -0.400 e. The largest absolute Gasteiger partial charge is 0.400 e. The van der Waals surface area contributed by atoms with Gasteiger partial charge in [0, 0.05) is 22.8 Å². The fourth-order valence-electron chi connectivity index (χ4n) is 3.72. The molecule has 4 nitrogen and oxygen atoms in total. The highest BCUT2D eigenvalue weighted by Gasteiger charge is 2.53. The quantitative estimate of drug-likeness (QED) is 0.879. The van der Waals surface area contributed by atoms with Crippen LogP contribution in [-0.2, 0) is 16.6 Å². The van der Waals surface area contributed by atoms with E-state index in [0.717, 1.165) is 19.3 Å². The molecule has 0 bridgehead atoms. The molecule has 7 heteroatoms. The van der Waals surface area contributed by atoms with Crippen LogP contribution < -0.4 is 5.73 Å². The average Bonchev–Trinajstić information content (AvgIpc) is 2.64. The number of halogens is 2. The van der Waals surface area contributed by atoms with E-state index in [1.807, 2.05) is 0 Å². The predicted octanol–water partition coefficient (Wildman–Crippen LogP) is 3.52. The van der Waals surface area contributed by atoms with Crippen molar-refractivity contribution >= 4 is 21.6 Å². The molecule has 1 aromatic carbocycles. The lowest BCUT2D eigenvalue weighted by atomic mass is 9.79. The van der Waals surface area contributed by atoms with Crippen LogP contribution in [0.4, 0.5) is 4.39 Å². The number of benzene rings is 1. The number of rotatable bonds is 2. The zero-order valence-electron chi connectivity index (χ0n) is 13.0. The summed E-state index contributed by atoms with van der Waals surface area (Å²) in [5.41, 5.74) is 6.09. The minimum atomic E-state index is -3.69. The maximum absolute atomic E-state index is 14.2. The van der Waals surface area contributed by atoms with Crippen LogP contribution in [0.5, 0.6) is 0 Å². The number of hydrogen-bond donors (Lipinski definition) is 1. The van der Waals surface area contributed by atoms with Gasteiger partial charge in [-0.05, 0) is 31.9 Å². The van der Waals surface area contributed by atoms with Crippen molar-refractivity contribution in [1.29, 1.82) is 0 Å². The molecule has 1 aliphatic heterocycles. The number of allylic oxidation sites excluding steroid dienone is 1. The first-order valence-corrected chi connectivity index (χ1v) is 9.55. The molecule has 0 saturated heterocycles. The van der Waals surface area contributed by atoms with Crippen LogP contribution in [0, 0.1) is 5.82 Å². The summed E-state index contributed by atoms with van der Waals surface area (Å²) in [7, 11) is -3.69. The van der Waals surface area contributed by atoms with E-state index >= 15 is 0 Å². The van der Waals surface area contributed by atoms with Crippen LogP contribution in [0.15, 0.2) is 28.8 Å². The van der Waals surface area contributed by atoms with Crippen molar-refractivity contribution in [3.63, 3.8) is 0 Å². The lowest BCUT2D eigenvalue weighted by Gasteiger charge is -2.41. The van der Waals surface area contributed by atoms with E-state index in [2.05, 4.69) is 0 Å². The molecule has 0 radical (unpaired) electrons. The van der Waals surface area contributed by atoms with Gasteiger partial charge in [-0.3, -0.25) is 0 Å². The molecule has 1 aromatic rings. The lowest BCUT2D eigenvalue weighted by Crippen LogP contribution is -2.50. The molecule has 1 heterocycles. The molecular formula is C16H20ClFN2O2S. The number of nitrogens with zero attached hydrogens (tertiary/aromatic N) is 1. The van der Waals surface area contributed by atoms with Crippen LogP contribution in [-0.4, -0.2) is 18.3 Å². The van der Waals surface area contributed by atoms with Crippen molar-refractivity contribution in [2.45, 2.75) is 51.1 Å². The first kappa shape index (κ1) is 16.7. The van der Waals surface area contributed by atoms with Gasteiger partial charge < -0.3 is 5.73 Å². The first-order valence-electron chi connectivity index (χ1n) is 7.73. The van der Waals surface area contributed by atoms with E-state index in [1.165, 1.54) is 23.4 Å². The van der Waals surface area contributed by atoms with E-state index in [9.17, 15) is 12.8 Å². The average molecular weight is 359 g/mol. The Morgan fingerprint density at radius 1 is 1.30 bits per heavy atom. The fraction of sp³-hybridized carbons (Fsp3) is 0.500. The maximum atomic E-state index is 14.2. The normalized spacial score (nSPS) is 23.6. The van der Waals surface area contributed by atoms with Crippen LogP contribution in [0.3, 0.4) is 0 Å². The monoisotopic (exact) mass is 358 g/mol. The Morgan fingerprint density at radius 3 is 2.57 bits per heavy atom. The Balaban J connectivity index is 2.09. The second kappa shape index (κ2) is 5.76. The van der Waals surface area contributed by atoms with Crippen LogP contribution in [0.25, 0.3) is 0 Å². The maximum Gasteiger partial charge on any atom is 0.241 e. The Morgan fingerprint density at radius 2 is 1.96 bits per heavy atom. The van der Waals surface area contributed by atoms with Gasteiger partial charge in [-0.1, -0.05) is 36.9 Å². The van der Waals surface area contributed by atoms with Crippen molar-refractivity contribution in [1.82, 2.24) is 4.31 Å². The fourth-order valence-corrected chi connectivity index (χ4v) is 5.78. The Bertz CT molecular complexity index is 750. The van der Waals surface area contributed by atoms with Gasteiger partial charge in [-0.25, -0.2) is 12.8 Å². The molecule has 0 amide bonds. The number of hydrogen-bond acceptors (Lipinski definition) is 3. The predicted molar refractivity (Wildman–Crippen MR) is 88.6 cm³/mol. The van der Waals surface area contributed by atoms with Crippen molar-refractivity contribution in [2.24, 2.45) is 5.73 Å². The molecule has 126 valence electrons. The van der Waals surface area contributed by atoms with Crippen molar-refractivity contribution in [2.75, 3.05) is 0 Å². The lowest BCUT2D eigenvalue weighted by molar-refractivity contribution is 0.166. The SMILES string of the molecule is CC1=C(N)C2(CCCCC2)N(Cc2c(F)cccc2Cl)S1(=O)=O. The van der Waals surface area contributed by atoms with E-state index in [4.69, 9.17) is 17.3 Å². The molecule has 23 heavy (non-hydrogen) atoms. The Kier molecular flexibility index (Phi) is 4.19. The van der Waals surface area contributed by atoms with Crippen LogP contribution in [0.2, 0.25) is 5.02 Å². The zero-order valence-corrected chi connectivity index (χ0v) is 14.6. The number of sulfonamides is 1. The summed E-state index contributed by atoms with van der Waals surface area (Å²) >= 11 is 6.09. The Labute approximate surface area is 141 Å². The van der Waals surface area contributed by atoms with Gasteiger partial charge in [0.2, 0.25) is 10.0 Å². The molecule has 1 spiro atoms. The second-order valence-electron chi connectivity index (χ2n) is 6.27. The highest BCUT2D eigenvalue weighted by Crippen LogP contribution is 2.47. The van der Waals surface area contributed by atoms with Crippen molar-refractivity contribution in [3.05, 3.63) is 45.2 Å². The van der Waals surface area contributed by atoms with Gasteiger partial charge in [0.15, 0.2) is 0 Å². The topological polar surface area (TPSA) is 63.4 Å². The van der Waals surface area contributed by atoms with Gasteiger partial charge >= 0.3 is 0 Å². The van der Waals surface area contributed by atoms with E-state index in [1.54, 1.807) is 6.07 Å². The minimum absolute atomic E-state index is 0.0914. The van der Waals surface area contributed by atoms with E-state index in [-0.39, 0.29) is 22.0 Å². The molecule has 1 saturated carbocycles. The third-order valence-electron chi connectivity index (χ3n) is 5.08. The van der Waals surface area contributed by atoms with Gasteiger partial charge in [-0.2, -0.15) is 4.31 Å². The highest BCUT2D eigenvalue weighted by molar-refractivity contribution is 7.93. The summed E-state index contributed by atoms with van der Waals surface area (Å²) in [6, 6.07) is 4.37. The molecule has 0 unspecified atom stereocenters. The van der Waals surface area contributed by atoms with E-state index < -0.39 is 21.4 Å². The molecule has 1 aliphatic carbocycles. The molecule has 1 fully saturated rings. The summed E-state index contributed by atoms with van der Waals surface area (Å²) in [5.74, 6) is -0.498. The third-order valence-corrected chi connectivity index (χ3v) is 7.49. The van der Waals surface area contributed by atoms with Crippen molar-refractivity contribution < 1.29 is 12.8 Å². The second-order valence-corrected chi connectivity index (χ2v) is 8.68. The molecule has 0 atom stereocenters.